The smallest absolute Gasteiger partial charge is 0.347 e. The van der Waals surface area contributed by atoms with Crippen LogP contribution in [0, 0.1) is 0 Å². The summed E-state index contributed by atoms with van der Waals surface area (Å²) in [4.78, 5) is 23.9. The maximum absolute atomic E-state index is 12.0. The summed E-state index contributed by atoms with van der Waals surface area (Å²) in [6.45, 7) is 5.67. The molecule has 0 aliphatic carbocycles. The van der Waals surface area contributed by atoms with E-state index in [4.69, 9.17) is 11.6 Å². The number of carbonyl (C=O) groups is 1. The van der Waals surface area contributed by atoms with Crippen molar-refractivity contribution in [1.82, 2.24) is 20.1 Å². The van der Waals surface area contributed by atoms with Gasteiger partial charge in [0.15, 0.2) is 0 Å². The highest BCUT2D eigenvalue weighted by molar-refractivity contribution is 6.30. The predicted octanol–water partition coefficient (Wildman–Crippen LogP) is 1.67. The quantitative estimate of drug-likeness (QED) is 0.905. The zero-order valence-electron chi connectivity index (χ0n) is 12.1. The number of nitrogens with zero attached hydrogens (tertiary/aromatic N) is 2. The van der Waals surface area contributed by atoms with Crippen molar-refractivity contribution in [3.63, 3.8) is 0 Å². The van der Waals surface area contributed by atoms with Crippen molar-refractivity contribution in [2.75, 3.05) is 0 Å². The summed E-state index contributed by atoms with van der Waals surface area (Å²) >= 11 is 5.93. The summed E-state index contributed by atoms with van der Waals surface area (Å²) in [6.07, 6.45) is 0.00250. The third kappa shape index (κ3) is 3.95. The van der Waals surface area contributed by atoms with Crippen LogP contribution in [0.5, 0.6) is 0 Å². The van der Waals surface area contributed by atoms with Crippen LogP contribution in [-0.2, 0) is 11.2 Å². The number of carbonyl (C=O) groups excluding carboxylic acids is 1. The molecule has 0 unspecified atom stereocenters. The Morgan fingerprint density at radius 3 is 2.76 bits per heavy atom. The molecule has 0 bridgehead atoms. The average Bonchev–Trinajstić information content (AvgIpc) is 2.67. The fraction of sp³-hybridized carbons (Fsp3) is 0.357. The highest BCUT2D eigenvalue weighted by Crippen LogP contribution is 2.14. The number of nitrogens with one attached hydrogen (secondary N) is 2. The van der Waals surface area contributed by atoms with Gasteiger partial charge in [-0.05, 0) is 39.0 Å². The fourth-order valence-corrected chi connectivity index (χ4v) is 2.12. The number of aromatic amines is 1. The molecule has 1 aromatic carbocycles. The second-order valence-electron chi connectivity index (χ2n) is 5.74. The molecule has 0 saturated carbocycles. The molecule has 0 radical (unpaired) electrons. The van der Waals surface area contributed by atoms with E-state index in [0.717, 1.165) is 0 Å². The molecule has 112 valence electrons. The predicted molar refractivity (Wildman–Crippen MR) is 80.8 cm³/mol. The second kappa shape index (κ2) is 5.73. The molecular formula is C14H17ClN4O2. The zero-order chi connectivity index (χ0) is 15.6. The van der Waals surface area contributed by atoms with Gasteiger partial charge in [-0.15, -0.1) is 0 Å². The lowest BCUT2D eigenvalue weighted by Gasteiger charge is -2.20. The molecule has 0 aliphatic rings. The Balaban J connectivity index is 2.31. The number of hydrogen-bond donors (Lipinski definition) is 2. The highest BCUT2D eigenvalue weighted by atomic mass is 35.5. The molecule has 2 rings (SSSR count). The lowest BCUT2D eigenvalue weighted by Crippen LogP contribution is -2.41. The summed E-state index contributed by atoms with van der Waals surface area (Å²) in [5, 5.41) is 9.61. The number of H-pyrrole nitrogens is 1. The van der Waals surface area contributed by atoms with Gasteiger partial charge in [-0.2, -0.15) is 5.10 Å². The summed E-state index contributed by atoms with van der Waals surface area (Å²) in [5.74, 6) is 0.133. The number of hydrogen-bond acceptors (Lipinski definition) is 3. The first kappa shape index (κ1) is 15.3. The van der Waals surface area contributed by atoms with Gasteiger partial charge in [0.2, 0.25) is 5.91 Å². The molecule has 1 heterocycles. The number of rotatable bonds is 3. The maximum Gasteiger partial charge on any atom is 0.347 e. The van der Waals surface area contributed by atoms with E-state index in [1.54, 1.807) is 24.3 Å². The molecule has 0 aliphatic heterocycles. The van der Waals surface area contributed by atoms with Crippen molar-refractivity contribution >= 4 is 17.5 Å². The standard InChI is InChI=1S/C14H17ClN4O2/c1-14(2,3)16-12(20)8-11-17-18-13(21)19(11)10-6-4-5-9(15)7-10/h4-7H,8H2,1-3H3,(H,16,20)(H,18,21). The summed E-state index contributed by atoms with van der Waals surface area (Å²) in [6, 6.07) is 6.82. The number of amides is 1. The SMILES string of the molecule is CC(C)(C)NC(=O)Cc1n[nH]c(=O)n1-c1cccc(Cl)c1. The van der Waals surface area contributed by atoms with Crippen LogP contribution in [0.15, 0.2) is 29.1 Å². The van der Waals surface area contributed by atoms with Crippen LogP contribution in [0.4, 0.5) is 0 Å². The van der Waals surface area contributed by atoms with Crippen molar-refractivity contribution in [2.24, 2.45) is 0 Å². The van der Waals surface area contributed by atoms with Gasteiger partial charge in [0, 0.05) is 10.6 Å². The van der Waals surface area contributed by atoms with Crippen molar-refractivity contribution in [3.05, 3.63) is 45.6 Å². The summed E-state index contributed by atoms with van der Waals surface area (Å²) in [5.41, 5.74) is -0.176. The molecule has 2 aromatic rings. The van der Waals surface area contributed by atoms with E-state index >= 15 is 0 Å². The van der Waals surface area contributed by atoms with Gasteiger partial charge in [0.1, 0.15) is 5.82 Å². The van der Waals surface area contributed by atoms with Crippen LogP contribution >= 0.6 is 11.6 Å². The Morgan fingerprint density at radius 1 is 1.43 bits per heavy atom. The van der Waals surface area contributed by atoms with Crippen LogP contribution < -0.4 is 11.0 Å². The van der Waals surface area contributed by atoms with E-state index in [-0.39, 0.29) is 17.9 Å². The minimum atomic E-state index is -0.407. The van der Waals surface area contributed by atoms with E-state index < -0.39 is 5.69 Å². The molecule has 0 saturated heterocycles. The van der Waals surface area contributed by atoms with Crippen molar-refractivity contribution in [2.45, 2.75) is 32.7 Å². The molecule has 0 fully saturated rings. The molecule has 0 spiro atoms. The fourth-order valence-electron chi connectivity index (χ4n) is 1.94. The van der Waals surface area contributed by atoms with Gasteiger partial charge in [-0.25, -0.2) is 14.5 Å². The monoisotopic (exact) mass is 308 g/mol. The van der Waals surface area contributed by atoms with Crippen LogP contribution in [0.3, 0.4) is 0 Å². The minimum Gasteiger partial charge on any atom is -0.351 e. The Bertz CT molecular complexity index is 712. The van der Waals surface area contributed by atoms with E-state index in [9.17, 15) is 9.59 Å². The van der Waals surface area contributed by atoms with E-state index in [1.165, 1.54) is 4.57 Å². The molecule has 1 amide bonds. The van der Waals surface area contributed by atoms with Crippen LogP contribution in [0.25, 0.3) is 5.69 Å². The van der Waals surface area contributed by atoms with Crippen LogP contribution in [0.1, 0.15) is 26.6 Å². The van der Waals surface area contributed by atoms with E-state index in [0.29, 0.717) is 16.5 Å². The Morgan fingerprint density at radius 2 is 2.14 bits per heavy atom. The lowest BCUT2D eigenvalue weighted by molar-refractivity contribution is -0.121. The lowest BCUT2D eigenvalue weighted by atomic mass is 10.1. The Hall–Kier alpha value is -2.08. The van der Waals surface area contributed by atoms with E-state index in [1.807, 2.05) is 20.8 Å². The third-order valence-electron chi connectivity index (χ3n) is 2.64. The minimum absolute atomic E-state index is 0.00250. The molecule has 21 heavy (non-hydrogen) atoms. The molecule has 6 nitrogen and oxygen atoms in total. The van der Waals surface area contributed by atoms with Gasteiger partial charge in [0.05, 0.1) is 12.1 Å². The highest BCUT2D eigenvalue weighted by Gasteiger charge is 2.18. The van der Waals surface area contributed by atoms with Crippen molar-refractivity contribution < 1.29 is 4.79 Å². The van der Waals surface area contributed by atoms with Gasteiger partial charge < -0.3 is 5.32 Å². The van der Waals surface area contributed by atoms with Crippen LogP contribution in [0.2, 0.25) is 5.02 Å². The average molecular weight is 309 g/mol. The largest absolute Gasteiger partial charge is 0.351 e. The number of benzene rings is 1. The zero-order valence-corrected chi connectivity index (χ0v) is 12.9. The first-order chi connectivity index (χ1) is 9.76. The second-order valence-corrected chi connectivity index (χ2v) is 6.17. The maximum atomic E-state index is 12.0. The van der Waals surface area contributed by atoms with Gasteiger partial charge in [-0.1, -0.05) is 17.7 Å². The molecule has 1 aromatic heterocycles. The topological polar surface area (TPSA) is 79.8 Å². The molecule has 2 N–H and O–H groups in total. The summed E-state index contributed by atoms with van der Waals surface area (Å²) in [7, 11) is 0. The van der Waals surface area contributed by atoms with Gasteiger partial charge >= 0.3 is 5.69 Å². The van der Waals surface area contributed by atoms with Crippen molar-refractivity contribution in [1.29, 1.82) is 0 Å². The van der Waals surface area contributed by atoms with E-state index in [2.05, 4.69) is 15.5 Å². The van der Waals surface area contributed by atoms with Crippen molar-refractivity contribution in [3.8, 4) is 5.69 Å². The first-order valence-corrected chi connectivity index (χ1v) is 6.87. The number of halogens is 1. The first-order valence-electron chi connectivity index (χ1n) is 6.49. The molecule has 0 atom stereocenters. The Kier molecular flexibility index (Phi) is 4.18. The van der Waals surface area contributed by atoms with Gasteiger partial charge in [-0.3, -0.25) is 4.79 Å². The normalized spacial score (nSPS) is 11.4. The van der Waals surface area contributed by atoms with Crippen LogP contribution in [-0.4, -0.2) is 26.2 Å². The van der Waals surface area contributed by atoms with Gasteiger partial charge in [0.25, 0.3) is 0 Å². The number of aromatic nitrogens is 3. The summed E-state index contributed by atoms with van der Waals surface area (Å²) < 4.78 is 1.34. The Labute approximate surface area is 127 Å². The molecular weight excluding hydrogens is 292 g/mol. The molecule has 7 heteroatoms. The third-order valence-corrected chi connectivity index (χ3v) is 2.88.